The van der Waals surface area contributed by atoms with E-state index in [-0.39, 0.29) is 5.91 Å². The summed E-state index contributed by atoms with van der Waals surface area (Å²) >= 11 is 1.67. The zero-order valence-electron chi connectivity index (χ0n) is 18.0. The predicted octanol–water partition coefficient (Wildman–Crippen LogP) is 4.68. The summed E-state index contributed by atoms with van der Waals surface area (Å²) in [5.41, 5.74) is 5.67. The van der Waals surface area contributed by atoms with Crippen LogP contribution < -0.4 is 9.64 Å². The summed E-state index contributed by atoms with van der Waals surface area (Å²) in [5.74, 6) is 1.05. The van der Waals surface area contributed by atoms with Crippen molar-refractivity contribution >= 4 is 22.9 Å². The zero-order chi connectivity index (χ0) is 21.4. The first-order chi connectivity index (χ1) is 15.1. The Morgan fingerprint density at radius 1 is 1.23 bits per heavy atom. The topological polar surface area (TPSA) is 45.7 Å². The van der Waals surface area contributed by atoms with E-state index < -0.39 is 0 Å². The molecule has 31 heavy (non-hydrogen) atoms. The van der Waals surface area contributed by atoms with Crippen LogP contribution in [0.5, 0.6) is 5.75 Å². The lowest BCUT2D eigenvalue weighted by Crippen LogP contribution is -2.40. The maximum absolute atomic E-state index is 13.3. The van der Waals surface area contributed by atoms with Crippen LogP contribution in [0.4, 0.5) is 5.69 Å². The van der Waals surface area contributed by atoms with Crippen LogP contribution in [0.1, 0.15) is 29.0 Å². The van der Waals surface area contributed by atoms with Crippen molar-refractivity contribution in [2.75, 3.05) is 25.1 Å². The number of benzene rings is 2. The van der Waals surface area contributed by atoms with Crippen molar-refractivity contribution in [2.24, 2.45) is 0 Å². The van der Waals surface area contributed by atoms with Gasteiger partial charge in [-0.3, -0.25) is 9.69 Å². The molecule has 2 heterocycles. The van der Waals surface area contributed by atoms with Crippen LogP contribution in [-0.4, -0.2) is 42.0 Å². The van der Waals surface area contributed by atoms with Crippen LogP contribution in [0.15, 0.2) is 47.8 Å². The van der Waals surface area contributed by atoms with E-state index in [1.54, 1.807) is 18.4 Å². The molecule has 0 saturated heterocycles. The molecule has 0 unspecified atom stereocenters. The third-order valence-corrected chi connectivity index (χ3v) is 6.91. The van der Waals surface area contributed by atoms with E-state index in [1.807, 2.05) is 24.0 Å². The molecule has 0 bridgehead atoms. The van der Waals surface area contributed by atoms with Gasteiger partial charge < -0.3 is 9.64 Å². The number of rotatable bonds is 7. The molecule has 1 fully saturated rings. The first-order valence-electron chi connectivity index (χ1n) is 10.8. The van der Waals surface area contributed by atoms with Crippen molar-refractivity contribution in [1.82, 2.24) is 9.88 Å². The molecular weight excluding hydrogens is 406 g/mol. The van der Waals surface area contributed by atoms with Gasteiger partial charge in [-0.25, -0.2) is 4.98 Å². The van der Waals surface area contributed by atoms with E-state index >= 15 is 0 Å². The van der Waals surface area contributed by atoms with Gasteiger partial charge in [0.25, 0.3) is 0 Å². The van der Waals surface area contributed by atoms with Crippen LogP contribution in [0.3, 0.4) is 0 Å². The van der Waals surface area contributed by atoms with Crippen molar-refractivity contribution in [2.45, 2.75) is 38.8 Å². The highest BCUT2D eigenvalue weighted by atomic mass is 32.1. The van der Waals surface area contributed by atoms with Crippen molar-refractivity contribution in [3.05, 3.63) is 64.0 Å². The molecule has 1 aromatic heterocycles. The lowest BCUT2D eigenvalue weighted by Gasteiger charge is -2.25. The molecule has 1 aliphatic heterocycles. The highest BCUT2D eigenvalue weighted by Gasteiger charge is 2.33. The van der Waals surface area contributed by atoms with E-state index in [0.29, 0.717) is 12.6 Å². The number of aromatic nitrogens is 1. The molecule has 1 amide bonds. The number of ether oxygens (including phenoxy) is 1. The molecule has 2 aromatic carbocycles. The van der Waals surface area contributed by atoms with Crippen LogP contribution in [0.2, 0.25) is 0 Å². The Hall–Kier alpha value is -2.70. The standard InChI is InChI=1S/C25H27N3O2S/c1-17-26-23(16-31-17)19-5-10-24-20(13-19)11-12-28(24)25(29)15-27(21-6-7-21)14-18-3-8-22(30-2)9-4-18/h3-5,8-10,13,16,21H,6-7,11-12,14-15H2,1-2H3. The Balaban J connectivity index is 1.29. The second-order valence-corrected chi connectivity index (χ2v) is 9.44. The summed E-state index contributed by atoms with van der Waals surface area (Å²) in [6.45, 7) is 4.04. The number of fused-ring (bicyclic) bond motifs is 1. The zero-order valence-corrected chi connectivity index (χ0v) is 18.8. The van der Waals surface area contributed by atoms with Gasteiger partial charge in [0.15, 0.2) is 0 Å². The van der Waals surface area contributed by atoms with Gasteiger partial charge in [-0.2, -0.15) is 0 Å². The maximum atomic E-state index is 13.3. The largest absolute Gasteiger partial charge is 0.497 e. The fraction of sp³-hybridized carbons (Fsp3) is 0.360. The SMILES string of the molecule is COc1ccc(CN(CC(=O)N2CCc3cc(-c4csc(C)n4)ccc32)C2CC2)cc1. The number of hydrogen-bond acceptors (Lipinski definition) is 5. The molecule has 5 rings (SSSR count). The molecule has 160 valence electrons. The quantitative estimate of drug-likeness (QED) is 0.543. The summed E-state index contributed by atoms with van der Waals surface area (Å²) in [7, 11) is 1.68. The lowest BCUT2D eigenvalue weighted by molar-refractivity contribution is -0.119. The van der Waals surface area contributed by atoms with Crippen LogP contribution in [0.25, 0.3) is 11.3 Å². The number of anilines is 1. The van der Waals surface area contributed by atoms with Crippen molar-refractivity contribution < 1.29 is 9.53 Å². The van der Waals surface area contributed by atoms with Gasteiger partial charge in [0.05, 0.1) is 24.4 Å². The highest BCUT2D eigenvalue weighted by molar-refractivity contribution is 7.09. The fourth-order valence-corrected chi connectivity index (χ4v) is 4.92. The maximum Gasteiger partial charge on any atom is 0.241 e. The number of methoxy groups -OCH3 is 1. The highest BCUT2D eigenvalue weighted by Crippen LogP contribution is 2.34. The van der Waals surface area contributed by atoms with E-state index in [4.69, 9.17) is 4.74 Å². The Bertz CT molecular complexity index is 1090. The van der Waals surface area contributed by atoms with Gasteiger partial charge >= 0.3 is 0 Å². The van der Waals surface area contributed by atoms with Crippen LogP contribution in [0, 0.1) is 6.92 Å². The van der Waals surface area contributed by atoms with Crippen LogP contribution >= 0.6 is 11.3 Å². The lowest BCUT2D eigenvalue weighted by atomic mass is 10.1. The number of carbonyl (C=O) groups is 1. The number of nitrogens with zero attached hydrogens (tertiary/aromatic N) is 3. The number of carbonyl (C=O) groups excluding carboxylic acids is 1. The Labute approximate surface area is 187 Å². The Morgan fingerprint density at radius 3 is 2.71 bits per heavy atom. The van der Waals surface area contributed by atoms with Gasteiger partial charge in [-0.1, -0.05) is 18.2 Å². The van der Waals surface area contributed by atoms with Gasteiger partial charge in [-0.05, 0) is 61.6 Å². The molecule has 0 spiro atoms. The first kappa shape index (κ1) is 20.2. The monoisotopic (exact) mass is 433 g/mol. The van der Waals surface area contributed by atoms with Crippen molar-refractivity contribution in [3.63, 3.8) is 0 Å². The average molecular weight is 434 g/mol. The second-order valence-electron chi connectivity index (χ2n) is 8.37. The van der Waals surface area contributed by atoms with Gasteiger partial charge in [-0.15, -0.1) is 11.3 Å². The number of amides is 1. The molecule has 0 atom stereocenters. The molecule has 0 N–H and O–H groups in total. The number of hydrogen-bond donors (Lipinski definition) is 0. The summed E-state index contributed by atoms with van der Waals surface area (Å²) in [6.07, 6.45) is 3.26. The van der Waals surface area contributed by atoms with E-state index in [2.05, 4.69) is 45.6 Å². The molecular formula is C25H27N3O2S. The summed E-state index contributed by atoms with van der Waals surface area (Å²) in [6, 6.07) is 15.1. The summed E-state index contributed by atoms with van der Waals surface area (Å²) in [4.78, 5) is 22.1. The fourth-order valence-electron chi connectivity index (χ4n) is 4.29. The Kier molecular flexibility index (Phi) is 5.50. The van der Waals surface area contributed by atoms with Crippen molar-refractivity contribution in [1.29, 1.82) is 0 Å². The molecule has 1 aliphatic carbocycles. The third kappa shape index (κ3) is 4.36. The summed E-state index contributed by atoms with van der Waals surface area (Å²) < 4.78 is 5.26. The first-order valence-corrected chi connectivity index (χ1v) is 11.7. The normalized spacial score (nSPS) is 15.4. The molecule has 1 saturated carbocycles. The predicted molar refractivity (Wildman–Crippen MR) is 125 cm³/mol. The number of thiazole rings is 1. The van der Waals surface area contributed by atoms with Gasteiger partial charge in [0.1, 0.15) is 5.75 Å². The minimum atomic E-state index is 0.191. The van der Waals surface area contributed by atoms with E-state index in [1.165, 1.54) is 24.0 Å². The average Bonchev–Trinajstić information content (AvgIpc) is 3.40. The minimum absolute atomic E-state index is 0.191. The second kappa shape index (κ2) is 8.44. The molecule has 5 nitrogen and oxygen atoms in total. The molecule has 2 aliphatic rings. The smallest absolute Gasteiger partial charge is 0.241 e. The van der Waals surface area contributed by atoms with E-state index in [0.717, 1.165) is 47.2 Å². The molecule has 3 aromatic rings. The Morgan fingerprint density at radius 2 is 2.03 bits per heavy atom. The van der Waals surface area contributed by atoms with Crippen LogP contribution in [-0.2, 0) is 17.8 Å². The number of aryl methyl sites for hydroxylation is 1. The third-order valence-electron chi connectivity index (χ3n) is 6.14. The van der Waals surface area contributed by atoms with Gasteiger partial charge in [0.2, 0.25) is 5.91 Å². The molecule has 0 radical (unpaired) electrons. The summed E-state index contributed by atoms with van der Waals surface area (Å²) in [5, 5.41) is 3.17. The molecule has 6 heteroatoms. The minimum Gasteiger partial charge on any atom is -0.497 e. The van der Waals surface area contributed by atoms with Gasteiger partial charge in [0, 0.05) is 35.8 Å². The van der Waals surface area contributed by atoms with Crippen molar-refractivity contribution in [3.8, 4) is 17.0 Å². The van der Waals surface area contributed by atoms with E-state index in [9.17, 15) is 4.79 Å².